The summed E-state index contributed by atoms with van der Waals surface area (Å²) in [7, 11) is 1.57. The Morgan fingerprint density at radius 2 is 2.16 bits per heavy atom. The van der Waals surface area contributed by atoms with E-state index in [-0.39, 0.29) is 6.04 Å². The Hall–Kier alpha value is -1.17. The van der Waals surface area contributed by atoms with Crippen LogP contribution in [0.5, 0.6) is 5.88 Å². The van der Waals surface area contributed by atoms with Crippen LogP contribution in [0, 0.1) is 0 Å². The molecule has 1 heterocycles. The highest BCUT2D eigenvalue weighted by molar-refractivity contribution is 9.10. The van der Waals surface area contributed by atoms with Gasteiger partial charge >= 0.3 is 0 Å². The summed E-state index contributed by atoms with van der Waals surface area (Å²) in [6, 6.07) is 7.16. The van der Waals surface area contributed by atoms with E-state index in [1.165, 1.54) is 6.33 Å². The molecule has 1 atom stereocenters. The molecule has 0 bridgehead atoms. The zero-order valence-corrected chi connectivity index (χ0v) is 12.6. The van der Waals surface area contributed by atoms with Gasteiger partial charge in [-0.15, -0.1) is 0 Å². The third-order valence-corrected chi connectivity index (χ3v) is 3.53. The summed E-state index contributed by atoms with van der Waals surface area (Å²) >= 11 is 9.57. The minimum atomic E-state index is -0.232. The number of hydrogen-bond donors (Lipinski definition) is 1. The van der Waals surface area contributed by atoms with Crippen molar-refractivity contribution in [3.8, 4) is 5.88 Å². The van der Waals surface area contributed by atoms with Gasteiger partial charge in [0.2, 0.25) is 5.88 Å². The number of methoxy groups -OCH3 is 1. The molecule has 2 rings (SSSR count). The Kier molecular flexibility index (Phi) is 4.74. The van der Waals surface area contributed by atoms with Crippen molar-refractivity contribution in [3.05, 3.63) is 51.3 Å². The molecule has 0 saturated heterocycles. The molecule has 0 aliphatic heterocycles. The van der Waals surface area contributed by atoms with Gasteiger partial charge in [-0.1, -0.05) is 27.5 Å². The minimum Gasteiger partial charge on any atom is -0.481 e. The standard InChI is InChI=1S/C13H13BrClN3O/c1-19-13-6-9(17-7-18-13)5-12(16)10-4-8(14)2-3-11(10)15/h2-4,6-7,12H,5,16H2,1H3. The second kappa shape index (κ2) is 6.32. The van der Waals surface area contributed by atoms with Crippen LogP contribution in [-0.4, -0.2) is 17.1 Å². The van der Waals surface area contributed by atoms with E-state index in [4.69, 9.17) is 22.1 Å². The van der Waals surface area contributed by atoms with E-state index < -0.39 is 0 Å². The maximum absolute atomic E-state index is 6.18. The van der Waals surface area contributed by atoms with E-state index in [2.05, 4.69) is 25.9 Å². The second-order valence-electron chi connectivity index (χ2n) is 4.03. The molecule has 100 valence electrons. The van der Waals surface area contributed by atoms with Crippen molar-refractivity contribution in [3.63, 3.8) is 0 Å². The number of nitrogens with two attached hydrogens (primary N) is 1. The molecule has 19 heavy (non-hydrogen) atoms. The van der Waals surface area contributed by atoms with Crippen LogP contribution >= 0.6 is 27.5 Å². The molecule has 0 saturated carbocycles. The lowest BCUT2D eigenvalue weighted by Crippen LogP contribution is -2.15. The van der Waals surface area contributed by atoms with Crippen molar-refractivity contribution >= 4 is 27.5 Å². The zero-order chi connectivity index (χ0) is 13.8. The Morgan fingerprint density at radius 1 is 1.37 bits per heavy atom. The van der Waals surface area contributed by atoms with Gasteiger partial charge in [0.15, 0.2) is 0 Å². The number of benzene rings is 1. The number of hydrogen-bond acceptors (Lipinski definition) is 4. The van der Waals surface area contributed by atoms with Crippen molar-refractivity contribution in [1.82, 2.24) is 9.97 Å². The molecular weight excluding hydrogens is 330 g/mol. The summed E-state index contributed by atoms with van der Waals surface area (Å²) in [6.45, 7) is 0. The average molecular weight is 343 g/mol. The van der Waals surface area contributed by atoms with E-state index in [9.17, 15) is 0 Å². The lowest BCUT2D eigenvalue weighted by Gasteiger charge is -2.14. The molecule has 0 aliphatic rings. The van der Waals surface area contributed by atoms with Crippen LogP contribution < -0.4 is 10.5 Å². The Morgan fingerprint density at radius 3 is 2.89 bits per heavy atom. The van der Waals surface area contributed by atoms with Crippen molar-refractivity contribution in [2.24, 2.45) is 5.73 Å². The Balaban J connectivity index is 2.20. The highest BCUT2D eigenvalue weighted by atomic mass is 79.9. The fourth-order valence-electron chi connectivity index (χ4n) is 1.73. The van der Waals surface area contributed by atoms with E-state index in [1.54, 1.807) is 13.2 Å². The van der Waals surface area contributed by atoms with Gasteiger partial charge < -0.3 is 10.5 Å². The van der Waals surface area contributed by atoms with Crippen LogP contribution in [-0.2, 0) is 6.42 Å². The van der Waals surface area contributed by atoms with E-state index in [0.29, 0.717) is 17.3 Å². The monoisotopic (exact) mass is 341 g/mol. The number of halogens is 2. The predicted molar refractivity (Wildman–Crippen MR) is 78.4 cm³/mol. The van der Waals surface area contributed by atoms with Crippen LogP contribution in [0.3, 0.4) is 0 Å². The highest BCUT2D eigenvalue weighted by Gasteiger charge is 2.13. The first-order valence-corrected chi connectivity index (χ1v) is 6.82. The molecule has 1 aromatic heterocycles. The molecule has 0 fully saturated rings. The third-order valence-electron chi connectivity index (χ3n) is 2.69. The van der Waals surface area contributed by atoms with Crippen LogP contribution in [0.15, 0.2) is 35.1 Å². The van der Waals surface area contributed by atoms with E-state index in [1.807, 2.05) is 18.2 Å². The van der Waals surface area contributed by atoms with Crippen LogP contribution in [0.25, 0.3) is 0 Å². The molecule has 2 aromatic rings. The molecule has 1 aromatic carbocycles. The van der Waals surface area contributed by atoms with Gasteiger partial charge in [0, 0.05) is 33.7 Å². The summed E-state index contributed by atoms with van der Waals surface area (Å²) in [4.78, 5) is 8.14. The summed E-state index contributed by atoms with van der Waals surface area (Å²) in [6.07, 6.45) is 2.03. The van der Waals surface area contributed by atoms with E-state index >= 15 is 0 Å². The molecule has 0 amide bonds. The van der Waals surface area contributed by atoms with Gasteiger partial charge in [-0.05, 0) is 23.8 Å². The third kappa shape index (κ3) is 3.65. The smallest absolute Gasteiger partial charge is 0.216 e. The number of rotatable bonds is 4. The fraction of sp³-hybridized carbons (Fsp3) is 0.231. The fourth-order valence-corrected chi connectivity index (χ4v) is 2.37. The van der Waals surface area contributed by atoms with Crippen LogP contribution in [0.2, 0.25) is 5.02 Å². The summed E-state index contributed by atoms with van der Waals surface area (Å²) in [5.41, 5.74) is 7.88. The molecular formula is C13H13BrClN3O. The predicted octanol–water partition coefficient (Wildman–Crippen LogP) is 3.14. The first kappa shape index (κ1) is 14.2. The summed E-state index contributed by atoms with van der Waals surface area (Å²) < 4.78 is 6.01. The topological polar surface area (TPSA) is 61.0 Å². The van der Waals surface area contributed by atoms with Gasteiger partial charge in [-0.2, -0.15) is 0 Å². The zero-order valence-electron chi connectivity index (χ0n) is 10.3. The lowest BCUT2D eigenvalue weighted by molar-refractivity contribution is 0.395. The molecule has 0 aliphatic carbocycles. The van der Waals surface area contributed by atoms with Gasteiger partial charge in [0.25, 0.3) is 0 Å². The first-order chi connectivity index (χ1) is 9.10. The number of nitrogens with zero attached hydrogens (tertiary/aromatic N) is 2. The highest BCUT2D eigenvalue weighted by Crippen LogP contribution is 2.27. The van der Waals surface area contributed by atoms with Gasteiger partial charge in [0.1, 0.15) is 6.33 Å². The lowest BCUT2D eigenvalue weighted by atomic mass is 10.0. The normalized spacial score (nSPS) is 12.2. The van der Waals surface area contributed by atoms with E-state index in [0.717, 1.165) is 15.7 Å². The van der Waals surface area contributed by atoms with Crippen molar-refractivity contribution in [1.29, 1.82) is 0 Å². The molecule has 0 radical (unpaired) electrons. The molecule has 0 spiro atoms. The molecule has 2 N–H and O–H groups in total. The summed E-state index contributed by atoms with van der Waals surface area (Å²) in [5.74, 6) is 0.525. The van der Waals surface area contributed by atoms with Crippen LogP contribution in [0.4, 0.5) is 0 Å². The number of aromatic nitrogens is 2. The summed E-state index contributed by atoms with van der Waals surface area (Å²) in [5, 5.41) is 0.650. The molecule has 1 unspecified atom stereocenters. The van der Waals surface area contributed by atoms with Gasteiger partial charge in [0.05, 0.1) is 7.11 Å². The largest absolute Gasteiger partial charge is 0.481 e. The maximum Gasteiger partial charge on any atom is 0.216 e. The quantitative estimate of drug-likeness (QED) is 0.927. The number of ether oxygens (including phenoxy) is 1. The Labute approximate surface area is 125 Å². The Bertz CT molecular complexity index is 580. The van der Waals surface area contributed by atoms with Crippen LogP contribution in [0.1, 0.15) is 17.3 Å². The van der Waals surface area contributed by atoms with Gasteiger partial charge in [-0.3, -0.25) is 0 Å². The SMILES string of the molecule is COc1cc(CC(N)c2cc(Br)ccc2Cl)ncn1. The first-order valence-electron chi connectivity index (χ1n) is 5.65. The van der Waals surface area contributed by atoms with Crippen molar-refractivity contribution in [2.45, 2.75) is 12.5 Å². The molecule has 6 heteroatoms. The maximum atomic E-state index is 6.18. The average Bonchev–Trinajstić information content (AvgIpc) is 2.41. The van der Waals surface area contributed by atoms with Crippen molar-refractivity contribution < 1.29 is 4.74 Å². The minimum absolute atomic E-state index is 0.232. The van der Waals surface area contributed by atoms with Crippen molar-refractivity contribution in [2.75, 3.05) is 7.11 Å². The second-order valence-corrected chi connectivity index (χ2v) is 5.35. The van der Waals surface area contributed by atoms with Gasteiger partial charge in [-0.25, -0.2) is 9.97 Å². The molecule has 4 nitrogen and oxygen atoms in total.